The van der Waals surface area contributed by atoms with E-state index in [1.54, 1.807) is 28.7 Å². The molecule has 40 heavy (non-hydrogen) atoms. The zero-order valence-corrected chi connectivity index (χ0v) is 24.0. The largest absolute Gasteiger partial charge is 0.497 e. The average molecular weight is 593 g/mol. The van der Waals surface area contributed by atoms with Crippen LogP contribution in [0.25, 0.3) is 16.9 Å². The van der Waals surface area contributed by atoms with Gasteiger partial charge in [0.25, 0.3) is 0 Å². The number of fused-ring (bicyclic) bond motifs is 1. The third-order valence-electron chi connectivity index (χ3n) is 6.83. The Kier molecular flexibility index (Phi) is 9.11. The summed E-state index contributed by atoms with van der Waals surface area (Å²) in [6.07, 6.45) is 1.99. The van der Waals surface area contributed by atoms with Crippen LogP contribution >= 0.6 is 12.4 Å². The normalized spacial score (nSPS) is 15.8. The SMILES string of the molecule is COc1ccc(CN(C)S(=O)(=O)c2cc(F)c(-c3nc4cc(C)ccn4c3CC3CNCCO3)c(F)c2)cc1.Cl. The van der Waals surface area contributed by atoms with Gasteiger partial charge in [-0.2, -0.15) is 4.31 Å². The number of aromatic nitrogens is 2. The Morgan fingerprint density at radius 3 is 2.48 bits per heavy atom. The molecule has 3 heterocycles. The lowest BCUT2D eigenvalue weighted by Crippen LogP contribution is -2.39. The number of nitrogens with one attached hydrogen (secondary N) is 1. The van der Waals surface area contributed by atoms with E-state index < -0.39 is 26.6 Å². The average Bonchev–Trinajstić information content (AvgIpc) is 3.25. The second-order valence-corrected chi connectivity index (χ2v) is 11.7. The molecule has 0 aliphatic carbocycles. The van der Waals surface area contributed by atoms with Gasteiger partial charge < -0.3 is 19.2 Å². The van der Waals surface area contributed by atoms with Crippen molar-refractivity contribution in [3.8, 4) is 17.0 Å². The fourth-order valence-corrected chi connectivity index (χ4v) is 5.92. The number of hydrogen-bond donors (Lipinski definition) is 1. The van der Waals surface area contributed by atoms with Crippen molar-refractivity contribution in [2.45, 2.75) is 30.9 Å². The van der Waals surface area contributed by atoms with Crippen molar-refractivity contribution in [3.05, 3.63) is 83.2 Å². The van der Waals surface area contributed by atoms with E-state index in [2.05, 4.69) is 10.3 Å². The van der Waals surface area contributed by atoms with Crippen LogP contribution in [0.1, 0.15) is 16.8 Å². The van der Waals surface area contributed by atoms with E-state index in [1.807, 2.05) is 25.3 Å². The van der Waals surface area contributed by atoms with E-state index in [-0.39, 0.29) is 36.3 Å². The number of nitrogens with zero attached hydrogens (tertiary/aromatic N) is 3. The molecule has 214 valence electrons. The molecule has 2 aromatic heterocycles. The van der Waals surface area contributed by atoms with Gasteiger partial charge in [-0.15, -0.1) is 12.4 Å². The highest BCUT2D eigenvalue weighted by Gasteiger charge is 2.28. The van der Waals surface area contributed by atoms with E-state index >= 15 is 8.78 Å². The fourth-order valence-electron chi connectivity index (χ4n) is 4.74. The molecule has 0 radical (unpaired) electrons. The Labute approximate surface area is 238 Å². The van der Waals surface area contributed by atoms with Gasteiger partial charge in [0.05, 0.1) is 41.7 Å². The smallest absolute Gasteiger partial charge is 0.243 e. The second-order valence-electron chi connectivity index (χ2n) is 9.61. The van der Waals surface area contributed by atoms with Gasteiger partial charge in [0.15, 0.2) is 0 Å². The standard InChI is InChI=1S/C28H30F2N4O4S.ClH/c1-18-8-10-34-25(13-21-16-31-9-11-38-21)28(32-26(34)12-18)27-23(29)14-22(15-24(27)30)39(35,36)33(2)17-19-4-6-20(37-3)7-5-19;/h4-8,10,12,14-15,21,31H,9,11,13,16-17H2,1-3H3;1H. The molecule has 1 aliphatic rings. The second kappa shape index (κ2) is 12.2. The summed E-state index contributed by atoms with van der Waals surface area (Å²) in [5.74, 6) is -1.37. The maximum atomic E-state index is 15.6. The van der Waals surface area contributed by atoms with Crippen molar-refractivity contribution in [1.82, 2.24) is 19.0 Å². The van der Waals surface area contributed by atoms with Crippen molar-refractivity contribution in [2.75, 3.05) is 33.9 Å². The van der Waals surface area contributed by atoms with Gasteiger partial charge in [-0.1, -0.05) is 12.1 Å². The fraction of sp³-hybridized carbons (Fsp3) is 0.321. The molecule has 0 saturated carbocycles. The molecular weight excluding hydrogens is 562 g/mol. The minimum absolute atomic E-state index is 0. The third kappa shape index (κ3) is 5.98. The highest BCUT2D eigenvalue weighted by atomic mass is 35.5. The molecule has 1 unspecified atom stereocenters. The number of hydrogen-bond acceptors (Lipinski definition) is 6. The number of ether oxygens (including phenoxy) is 2. The van der Waals surface area contributed by atoms with E-state index in [0.29, 0.717) is 42.2 Å². The molecule has 1 aliphatic heterocycles. The maximum absolute atomic E-state index is 15.6. The van der Waals surface area contributed by atoms with Crippen LogP contribution in [0.5, 0.6) is 5.75 Å². The van der Waals surface area contributed by atoms with Crippen LogP contribution in [-0.2, 0) is 27.7 Å². The van der Waals surface area contributed by atoms with Gasteiger partial charge >= 0.3 is 0 Å². The third-order valence-corrected chi connectivity index (χ3v) is 8.61. The molecule has 4 aromatic rings. The number of methoxy groups -OCH3 is 1. The highest BCUT2D eigenvalue weighted by molar-refractivity contribution is 7.89. The minimum atomic E-state index is -4.19. The Morgan fingerprint density at radius 2 is 1.85 bits per heavy atom. The van der Waals surface area contributed by atoms with E-state index in [4.69, 9.17) is 9.47 Å². The van der Waals surface area contributed by atoms with Crippen LogP contribution in [0.4, 0.5) is 8.78 Å². The zero-order chi connectivity index (χ0) is 27.7. The lowest BCUT2D eigenvalue weighted by atomic mass is 10.0. The van der Waals surface area contributed by atoms with Crippen molar-refractivity contribution in [2.24, 2.45) is 0 Å². The van der Waals surface area contributed by atoms with Crippen molar-refractivity contribution in [1.29, 1.82) is 0 Å². The number of halogens is 3. The molecular formula is C28H31ClF2N4O4S. The van der Waals surface area contributed by atoms with Crippen LogP contribution < -0.4 is 10.1 Å². The van der Waals surface area contributed by atoms with Gasteiger partial charge in [0.1, 0.15) is 23.0 Å². The van der Waals surface area contributed by atoms with Crippen molar-refractivity contribution < 1.29 is 26.7 Å². The number of morpholine rings is 1. The van der Waals surface area contributed by atoms with Gasteiger partial charge in [-0.3, -0.25) is 0 Å². The molecule has 1 fully saturated rings. The molecule has 1 atom stereocenters. The van der Waals surface area contributed by atoms with Crippen LogP contribution in [0.2, 0.25) is 0 Å². The topological polar surface area (TPSA) is 85.2 Å². The summed E-state index contributed by atoms with van der Waals surface area (Å²) in [6.45, 7) is 3.80. The molecule has 8 nitrogen and oxygen atoms in total. The van der Waals surface area contributed by atoms with E-state index in [0.717, 1.165) is 28.5 Å². The number of benzene rings is 2. The molecule has 0 amide bonds. The molecule has 5 rings (SSSR count). The summed E-state index contributed by atoms with van der Waals surface area (Å²) in [4.78, 5) is 4.09. The molecule has 2 aromatic carbocycles. The lowest BCUT2D eigenvalue weighted by Gasteiger charge is -2.24. The summed E-state index contributed by atoms with van der Waals surface area (Å²) in [5.41, 5.74) is 2.53. The van der Waals surface area contributed by atoms with Gasteiger partial charge in [0.2, 0.25) is 10.0 Å². The number of pyridine rings is 1. The van der Waals surface area contributed by atoms with Crippen LogP contribution in [0.15, 0.2) is 59.6 Å². The molecule has 1 N–H and O–H groups in total. The molecule has 0 spiro atoms. The first kappa shape index (κ1) is 29.9. The predicted molar refractivity (Wildman–Crippen MR) is 150 cm³/mol. The summed E-state index contributed by atoms with van der Waals surface area (Å²) < 4.78 is 71.6. The molecule has 1 saturated heterocycles. The van der Waals surface area contributed by atoms with Crippen LogP contribution in [-0.4, -0.2) is 62.1 Å². The van der Waals surface area contributed by atoms with Crippen molar-refractivity contribution in [3.63, 3.8) is 0 Å². The van der Waals surface area contributed by atoms with Gasteiger partial charge in [-0.25, -0.2) is 22.2 Å². The molecule has 12 heteroatoms. The summed E-state index contributed by atoms with van der Waals surface area (Å²) in [7, 11) is -1.29. The predicted octanol–water partition coefficient (Wildman–Crippen LogP) is 4.37. The lowest BCUT2D eigenvalue weighted by molar-refractivity contribution is 0.0286. The summed E-state index contributed by atoms with van der Waals surface area (Å²) >= 11 is 0. The van der Waals surface area contributed by atoms with Gasteiger partial charge in [0, 0.05) is 39.3 Å². The number of imidazole rings is 1. The van der Waals surface area contributed by atoms with Crippen LogP contribution in [0, 0.1) is 18.6 Å². The number of rotatable bonds is 8. The Morgan fingerprint density at radius 1 is 1.15 bits per heavy atom. The zero-order valence-electron chi connectivity index (χ0n) is 22.4. The molecule has 0 bridgehead atoms. The summed E-state index contributed by atoms with van der Waals surface area (Å²) in [6, 6.07) is 12.3. The van der Waals surface area contributed by atoms with Gasteiger partial charge in [-0.05, 0) is 54.4 Å². The monoisotopic (exact) mass is 592 g/mol. The Hall–Kier alpha value is -3.09. The number of aryl methyl sites for hydroxylation is 1. The highest BCUT2D eigenvalue weighted by Crippen LogP contribution is 2.33. The Balaban J connectivity index is 0.00000370. The number of sulfonamides is 1. The minimum Gasteiger partial charge on any atom is -0.497 e. The quantitative estimate of drug-likeness (QED) is 0.327. The first-order valence-electron chi connectivity index (χ1n) is 12.6. The maximum Gasteiger partial charge on any atom is 0.243 e. The summed E-state index contributed by atoms with van der Waals surface area (Å²) in [5, 5.41) is 3.26. The Bertz CT molecular complexity index is 1580. The first-order valence-corrected chi connectivity index (χ1v) is 14.0. The first-order chi connectivity index (χ1) is 18.7. The van der Waals surface area contributed by atoms with Crippen LogP contribution in [0.3, 0.4) is 0 Å². The van der Waals surface area contributed by atoms with E-state index in [9.17, 15) is 8.42 Å². The van der Waals surface area contributed by atoms with E-state index in [1.165, 1.54) is 14.2 Å². The van der Waals surface area contributed by atoms with Crippen molar-refractivity contribution >= 4 is 28.1 Å².